The van der Waals surface area contributed by atoms with Gasteiger partial charge in [0.1, 0.15) is 0 Å². The molecule has 0 saturated carbocycles. The monoisotopic (exact) mass is 332 g/mol. The lowest BCUT2D eigenvalue weighted by molar-refractivity contribution is 0.390. The fourth-order valence-corrected chi connectivity index (χ4v) is 3.52. The summed E-state index contributed by atoms with van der Waals surface area (Å²) in [5.41, 5.74) is 2.58. The van der Waals surface area contributed by atoms with Gasteiger partial charge in [0.05, 0.1) is 10.4 Å². The van der Waals surface area contributed by atoms with E-state index < -0.39 is 0 Å². The Morgan fingerprint density at radius 1 is 1.00 bits per heavy atom. The number of benzene rings is 2. The number of aromatic nitrogens is 1. The van der Waals surface area contributed by atoms with Crippen LogP contribution in [0.15, 0.2) is 54.6 Å². The van der Waals surface area contributed by atoms with Crippen LogP contribution in [0.25, 0.3) is 10.1 Å². The van der Waals surface area contributed by atoms with Crippen molar-refractivity contribution in [1.82, 2.24) is 9.27 Å². The zero-order valence-corrected chi connectivity index (χ0v) is 14.5. The van der Waals surface area contributed by atoms with Crippen LogP contribution in [-0.4, -0.2) is 29.9 Å². The van der Waals surface area contributed by atoms with Gasteiger partial charge in [0.25, 0.3) is 0 Å². The van der Waals surface area contributed by atoms with Crippen LogP contribution in [0, 0.1) is 0 Å². The number of rotatable bonds is 5. The molecule has 1 unspecified atom stereocenters. The highest BCUT2D eigenvalue weighted by Gasteiger charge is 2.19. The van der Waals surface area contributed by atoms with Crippen LogP contribution in [0.2, 0.25) is 0 Å². The smallest absolute Gasteiger partial charge is 0.0695 e. The van der Waals surface area contributed by atoms with Crippen molar-refractivity contribution in [1.29, 1.82) is 0 Å². The highest BCUT2D eigenvalue weighted by molar-refractivity contribution is 7.13. The predicted molar refractivity (Wildman–Crippen MR) is 98.3 cm³/mol. The zero-order valence-electron chi connectivity index (χ0n) is 12.9. The maximum absolute atomic E-state index is 4.77. The summed E-state index contributed by atoms with van der Waals surface area (Å²) < 4.78 is 6.05. The van der Waals surface area contributed by atoms with Crippen molar-refractivity contribution in [3.63, 3.8) is 0 Å². The van der Waals surface area contributed by atoms with Crippen molar-refractivity contribution in [2.75, 3.05) is 20.6 Å². The van der Waals surface area contributed by atoms with Gasteiger partial charge in [0.2, 0.25) is 0 Å². The van der Waals surface area contributed by atoms with Crippen LogP contribution in [0.4, 0.5) is 0 Å². The van der Waals surface area contributed by atoms with E-state index in [0.717, 1.165) is 13.0 Å². The minimum atomic E-state index is 0. The third-order valence-electron chi connectivity index (χ3n) is 3.80. The zero-order chi connectivity index (χ0) is 14.7. The molecule has 3 rings (SSSR count). The van der Waals surface area contributed by atoms with E-state index in [1.807, 2.05) is 0 Å². The van der Waals surface area contributed by atoms with Gasteiger partial charge in [0, 0.05) is 11.3 Å². The van der Waals surface area contributed by atoms with Gasteiger partial charge in [0.15, 0.2) is 0 Å². The van der Waals surface area contributed by atoms with Gasteiger partial charge in [-0.2, -0.15) is 4.37 Å². The van der Waals surface area contributed by atoms with Gasteiger partial charge in [-0.3, -0.25) is 0 Å². The van der Waals surface area contributed by atoms with Crippen molar-refractivity contribution >= 4 is 34.0 Å². The minimum Gasteiger partial charge on any atom is -0.309 e. The fourth-order valence-electron chi connectivity index (χ4n) is 2.69. The van der Waals surface area contributed by atoms with E-state index in [-0.39, 0.29) is 12.4 Å². The summed E-state index contributed by atoms with van der Waals surface area (Å²) >= 11 is 1.61. The van der Waals surface area contributed by atoms with Crippen molar-refractivity contribution < 1.29 is 0 Å². The summed E-state index contributed by atoms with van der Waals surface area (Å²) in [7, 11) is 4.25. The second-order valence-corrected chi connectivity index (χ2v) is 6.42. The summed E-state index contributed by atoms with van der Waals surface area (Å²) in [5.74, 6) is 0.366. The molecule has 1 atom stereocenters. The molecule has 0 radical (unpaired) electrons. The summed E-state index contributed by atoms with van der Waals surface area (Å²) in [6, 6.07) is 19.3. The molecule has 2 nitrogen and oxygen atoms in total. The molecule has 0 spiro atoms. The fraction of sp³-hybridized carbons (Fsp3) is 0.278. The van der Waals surface area contributed by atoms with Crippen LogP contribution in [0.3, 0.4) is 0 Å². The summed E-state index contributed by atoms with van der Waals surface area (Å²) in [6.45, 7) is 1.06. The quantitative estimate of drug-likeness (QED) is 0.667. The van der Waals surface area contributed by atoms with Crippen LogP contribution < -0.4 is 0 Å². The Morgan fingerprint density at radius 3 is 2.41 bits per heavy atom. The van der Waals surface area contributed by atoms with Crippen LogP contribution in [0.1, 0.15) is 23.6 Å². The molecule has 1 heterocycles. The lowest BCUT2D eigenvalue weighted by Crippen LogP contribution is -2.16. The topological polar surface area (TPSA) is 16.1 Å². The van der Waals surface area contributed by atoms with E-state index in [9.17, 15) is 0 Å². The van der Waals surface area contributed by atoms with Crippen molar-refractivity contribution in [3.05, 3.63) is 65.9 Å². The standard InChI is InChI=1S/C18H20N2S.ClH/c1-20(2)13-12-15(14-8-4-3-5-9-14)18-16-10-6-7-11-17(16)21-19-18;/h3-11,15H,12-13H2,1-2H3;1H. The third kappa shape index (κ3) is 3.67. The summed E-state index contributed by atoms with van der Waals surface area (Å²) in [4.78, 5) is 2.24. The van der Waals surface area contributed by atoms with Gasteiger partial charge in [-0.25, -0.2) is 0 Å². The van der Waals surface area contributed by atoms with Crippen molar-refractivity contribution in [2.45, 2.75) is 12.3 Å². The van der Waals surface area contributed by atoms with E-state index in [1.165, 1.54) is 21.3 Å². The molecule has 2 aromatic carbocycles. The lowest BCUT2D eigenvalue weighted by atomic mass is 9.90. The van der Waals surface area contributed by atoms with Gasteiger partial charge in [-0.1, -0.05) is 48.5 Å². The average Bonchev–Trinajstić information content (AvgIpc) is 2.93. The largest absolute Gasteiger partial charge is 0.309 e. The SMILES string of the molecule is CN(C)CCC(c1ccccc1)c1nsc2ccccc12.Cl. The van der Waals surface area contributed by atoms with Gasteiger partial charge < -0.3 is 4.90 Å². The second-order valence-electron chi connectivity index (χ2n) is 5.62. The Morgan fingerprint density at radius 2 is 1.68 bits per heavy atom. The highest BCUT2D eigenvalue weighted by Crippen LogP contribution is 2.34. The third-order valence-corrected chi connectivity index (χ3v) is 4.64. The van der Waals surface area contributed by atoms with Gasteiger partial charge >= 0.3 is 0 Å². The molecule has 3 aromatic rings. The normalized spacial score (nSPS) is 12.3. The Hall–Kier alpha value is -1.42. The van der Waals surface area contributed by atoms with E-state index in [4.69, 9.17) is 4.37 Å². The molecule has 0 saturated heterocycles. The van der Waals surface area contributed by atoms with Crippen molar-refractivity contribution in [2.24, 2.45) is 0 Å². The first-order valence-electron chi connectivity index (χ1n) is 7.29. The molecular weight excluding hydrogens is 312 g/mol. The minimum absolute atomic E-state index is 0. The van der Waals surface area contributed by atoms with E-state index >= 15 is 0 Å². The molecule has 0 aliphatic heterocycles. The second kappa shape index (κ2) is 7.73. The highest BCUT2D eigenvalue weighted by atomic mass is 35.5. The Bertz CT molecular complexity index is 709. The summed E-state index contributed by atoms with van der Waals surface area (Å²) in [6.07, 6.45) is 1.09. The summed E-state index contributed by atoms with van der Waals surface area (Å²) in [5, 5.41) is 1.30. The van der Waals surface area contributed by atoms with Crippen LogP contribution in [-0.2, 0) is 0 Å². The molecule has 116 valence electrons. The maximum Gasteiger partial charge on any atom is 0.0695 e. The number of nitrogens with zero attached hydrogens (tertiary/aromatic N) is 2. The first-order chi connectivity index (χ1) is 10.3. The number of halogens is 1. The molecular formula is C18H21ClN2S. The Balaban J connectivity index is 0.00000176. The molecule has 0 N–H and O–H groups in total. The van der Waals surface area contributed by atoms with E-state index in [2.05, 4.69) is 73.6 Å². The predicted octanol–water partition coefficient (Wildman–Crippen LogP) is 4.80. The van der Waals surface area contributed by atoms with Crippen molar-refractivity contribution in [3.8, 4) is 0 Å². The van der Waals surface area contributed by atoms with Gasteiger partial charge in [-0.15, -0.1) is 12.4 Å². The number of hydrogen-bond acceptors (Lipinski definition) is 3. The van der Waals surface area contributed by atoms with Gasteiger partial charge in [-0.05, 0) is 50.2 Å². The lowest BCUT2D eigenvalue weighted by Gasteiger charge is -2.18. The van der Waals surface area contributed by atoms with E-state index in [0.29, 0.717) is 5.92 Å². The average molecular weight is 333 g/mol. The molecule has 0 amide bonds. The molecule has 22 heavy (non-hydrogen) atoms. The molecule has 0 bridgehead atoms. The number of fused-ring (bicyclic) bond motifs is 1. The number of hydrogen-bond donors (Lipinski definition) is 0. The molecule has 0 aliphatic carbocycles. The Kier molecular flexibility index (Phi) is 5.95. The maximum atomic E-state index is 4.77. The molecule has 4 heteroatoms. The first-order valence-corrected chi connectivity index (χ1v) is 8.07. The molecule has 0 aliphatic rings. The van der Waals surface area contributed by atoms with Crippen LogP contribution >= 0.6 is 23.9 Å². The van der Waals surface area contributed by atoms with E-state index in [1.54, 1.807) is 11.5 Å². The molecule has 1 aromatic heterocycles. The van der Waals surface area contributed by atoms with Crippen LogP contribution in [0.5, 0.6) is 0 Å². The molecule has 0 fully saturated rings. The Labute approximate surface area is 142 Å². The first kappa shape index (κ1) is 16.9.